The second kappa shape index (κ2) is 7.64. The maximum Gasteiger partial charge on any atom is 0.161 e. The predicted molar refractivity (Wildman–Crippen MR) is 81.1 cm³/mol. The van der Waals surface area contributed by atoms with Crippen LogP contribution in [0.3, 0.4) is 0 Å². The number of nitrogens with two attached hydrogens (primary N) is 1. The fourth-order valence-corrected chi connectivity index (χ4v) is 2.05. The maximum atomic E-state index is 13.1. The molecule has 3 nitrogen and oxygen atoms in total. The highest BCUT2D eigenvalue weighted by Gasteiger charge is 2.07. The standard InChI is InChI=1S/C17H20FNO2/c1-2-20-17-11-13(8-9-19)6-7-16(17)21-12-14-4-3-5-15(18)10-14/h3-7,10-11H,2,8-9,12,19H2,1H3. The third kappa shape index (κ3) is 4.46. The van der Waals surface area contributed by atoms with E-state index in [1.807, 2.05) is 31.2 Å². The van der Waals surface area contributed by atoms with Crippen molar-refractivity contribution < 1.29 is 13.9 Å². The number of ether oxygens (including phenoxy) is 2. The summed E-state index contributed by atoms with van der Waals surface area (Å²) in [5.74, 6) is 1.08. The van der Waals surface area contributed by atoms with Crippen LogP contribution >= 0.6 is 0 Å². The van der Waals surface area contributed by atoms with Gasteiger partial charge in [0.15, 0.2) is 11.5 Å². The van der Waals surface area contributed by atoms with E-state index in [2.05, 4.69) is 0 Å². The summed E-state index contributed by atoms with van der Waals surface area (Å²) >= 11 is 0. The molecule has 0 heterocycles. The van der Waals surface area contributed by atoms with Crippen LogP contribution in [0.25, 0.3) is 0 Å². The molecule has 0 aliphatic carbocycles. The predicted octanol–water partition coefficient (Wildman–Crippen LogP) is 3.30. The zero-order valence-electron chi connectivity index (χ0n) is 12.1. The van der Waals surface area contributed by atoms with Crippen molar-refractivity contribution in [1.29, 1.82) is 0 Å². The van der Waals surface area contributed by atoms with Gasteiger partial charge in [0.05, 0.1) is 6.61 Å². The van der Waals surface area contributed by atoms with Crippen molar-refractivity contribution in [3.8, 4) is 11.5 Å². The molecule has 0 unspecified atom stereocenters. The summed E-state index contributed by atoms with van der Waals surface area (Å²) in [7, 11) is 0. The van der Waals surface area contributed by atoms with Crippen LogP contribution in [0.5, 0.6) is 11.5 Å². The zero-order chi connectivity index (χ0) is 15.1. The van der Waals surface area contributed by atoms with Crippen molar-refractivity contribution >= 4 is 0 Å². The minimum absolute atomic E-state index is 0.264. The number of halogens is 1. The first-order valence-corrected chi connectivity index (χ1v) is 7.06. The molecule has 4 heteroatoms. The van der Waals surface area contributed by atoms with E-state index in [-0.39, 0.29) is 5.82 Å². The monoisotopic (exact) mass is 289 g/mol. The molecule has 0 aliphatic rings. The molecule has 0 bridgehead atoms. The molecule has 0 radical (unpaired) electrons. The van der Waals surface area contributed by atoms with Gasteiger partial charge in [-0.25, -0.2) is 4.39 Å². The SMILES string of the molecule is CCOc1cc(CCN)ccc1OCc1cccc(F)c1. The molecule has 2 N–H and O–H groups in total. The van der Waals surface area contributed by atoms with Gasteiger partial charge in [0.25, 0.3) is 0 Å². The van der Waals surface area contributed by atoms with E-state index in [1.165, 1.54) is 12.1 Å². The third-order valence-corrected chi connectivity index (χ3v) is 3.02. The van der Waals surface area contributed by atoms with E-state index in [0.717, 1.165) is 17.5 Å². The van der Waals surface area contributed by atoms with Gasteiger partial charge in [-0.05, 0) is 55.3 Å². The van der Waals surface area contributed by atoms with Gasteiger partial charge in [-0.1, -0.05) is 18.2 Å². The Labute approximate surface area is 124 Å². The van der Waals surface area contributed by atoms with E-state index >= 15 is 0 Å². The molecule has 2 rings (SSSR count). The van der Waals surface area contributed by atoms with Gasteiger partial charge in [0, 0.05) is 0 Å². The zero-order valence-corrected chi connectivity index (χ0v) is 12.1. The fraction of sp³-hybridized carbons (Fsp3) is 0.294. The summed E-state index contributed by atoms with van der Waals surface area (Å²) < 4.78 is 24.5. The van der Waals surface area contributed by atoms with Crippen molar-refractivity contribution in [3.05, 3.63) is 59.4 Å². The Bertz CT molecular complexity index is 587. The lowest BCUT2D eigenvalue weighted by atomic mass is 10.1. The Morgan fingerprint density at radius 1 is 1.00 bits per heavy atom. The molecule has 0 atom stereocenters. The van der Waals surface area contributed by atoms with Gasteiger partial charge in [0.2, 0.25) is 0 Å². The summed E-state index contributed by atoms with van der Waals surface area (Å²) in [5.41, 5.74) is 7.46. The van der Waals surface area contributed by atoms with Crippen LogP contribution in [-0.2, 0) is 13.0 Å². The van der Waals surface area contributed by atoms with Gasteiger partial charge in [-0.15, -0.1) is 0 Å². The molecule has 0 saturated carbocycles. The summed E-state index contributed by atoms with van der Waals surface area (Å²) in [4.78, 5) is 0. The lowest BCUT2D eigenvalue weighted by Crippen LogP contribution is -2.04. The van der Waals surface area contributed by atoms with Crippen LogP contribution in [-0.4, -0.2) is 13.2 Å². The first-order valence-electron chi connectivity index (χ1n) is 7.06. The average molecular weight is 289 g/mol. The summed E-state index contributed by atoms with van der Waals surface area (Å²) in [6, 6.07) is 12.1. The normalized spacial score (nSPS) is 10.4. The number of rotatable bonds is 7. The summed E-state index contributed by atoms with van der Waals surface area (Å²) in [6.07, 6.45) is 0.796. The van der Waals surface area contributed by atoms with Crippen molar-refractivity contribution in [3.63, 3.8) is 0 Å². The number of benzene rings is 2. The smallest absolute Gasteiger partial charge is 0.161 e. The molecule has 0 aliphatic heterocycles. The highest BCUT2D eigenvalue weighted by atomic mass is 19.1. The van der Waals surface area contributed by atoms with Gasteiger partial charge >= 0.3 is 0 Å². The van der Waals surface area contributed by atoms with Gasteiger partial charge in [0.1, 0.15) is 12.4 Å². The van der Waals surface area contributed by atoms with Gasteiger partial charge < -0.3 is 15.2 Å². The molecule has 0 fully saturated rings. The lowest BCUT2D eigenvalue weighted by Gasteiger charge is -2.13. The van der Waals surface area contributed by atoms with E-state index in [1.54, 1.807) is 6.07 Å². The molecule has 0 amide bonds. The van der Waals surface area contributed by atoms with E-state index < -0.39 is 0 Å². The van der Waals surface area contributed by atoms with Crippen molar-refractivity contribution in [2.45, 2.75) is 20.0 Å². The van der Waals surface area contributed by atoms with Crippen LogP contribution in [0.2, 0.25) is 0 Å². The molecule has 2 aromatic carbocycles. The Morgan fingerprint density at radius 3 is 2.57 bits per heavy atom. The molecule has 112 valence electrons. The summed E-state index contributed by atoms with van der Waals surface area (Å²) in [5, 5.41) is 0. The molecule has 0 saturated heterocycles. The van der Waals surface area contributed by atoms with Crippen LogP contribution in [0.15, 0.2) is 42.5 Å². The van der Waals surface area contributed by atoms with Crippen molar-refractivity contribution in [2.75, 3.05) is 13.2 Å². The molecule has 0 aromatic heterocycles. The third-order valence-electron chi connectivity index (χ3n) is 3.02. The van der Waals surface area contributed by atoms with Gasteiger partial charge in [-0.3, -0.25) is 0 Å². The molecule has 0 spiro atoms. The second-order valence-electron chi connectivity index (χ2n) is 4.67. The maximum absolute atomic E-state index is 13.1. The lowest BCUT2D eigenvalue weighted by molar-refractivity contribution is 0.269. The van der Waals surface area contributed by atoms with Crippen molar-refractivity contribution in [2.24, 2.45) is 5.73 Å². The fourth-order valence-electron chi connectivity index (χ4n) is 2.05. The minimum Gasteiger partial charge on any atom is -0.490 e. The Hall–Kier alpha value is -2.07. The molecular formula is C17H20FNO2. The highest BCUT2D eigenvalue weighted by molar-refractivity contribution is 5.43. The quantitative estimate of drug-likeness (QED) is 0.850. The first-order chi connectivity index (χ1) is 10.2. The molecule has 21 heavy (non-hydrogen) atoms. The van der Waals surface area contributed by atoms with E-state index in [4.69, 9.17) is 15.2 Å². The minimum atomic E-state index is -0.264. The second-order valence-corrected chi connectivity index (χ2v) is 4.67. The number of hydrogen-bond donors (Lipinski definition) is 1. The summed E-state index contributed by atoms with van der Waals surface area (Å²) in [6.45, 7) is 3.37. The molecule has 2 aromatic rings. The molecular weight excluding hydrogens is 269 g/mol. The van der Waals surface area contributed by atoms with Crippen LogP contribution in [0.1, 0.15) is 18.1 Å². The first kappa shape index (κ1) is 15.3. The van der Waals surface area contributed by atoms with Crippen LogP contribution in [0, 0.1) is 5.82 Å². The number of hydrogen-bond acceptors (Lipinski definition) is 3. The Kier molecular flexibility index (Phi) is 5.58. The van der Waals surface area contributed by atoms with E-state index in [9.17, 15) is 4.39 Å². The highest BCUT2D eigenvalue weighted by Crippen LogP contribution is 2.29. The van der Waals surface area contributed by atoms with Gasteiger partial charge in [-0.2, -0.15) is 0 Å². The topological polar surface area (TPSA) is 44.5 Å². The van der Waals surface area contributed by atoms with E-state index in [0.29, 0.717) is 31.3 Å². The Morgan fingerprint density at radius 2 is 1.86 bits per heavy atom. The average Bonchev–Trinajstić information content (AvgIpc) is 2.47. The largest absolute Gasteiger partial charge is 0.490 e. The van der Waals surface area contributed by atoms with Crippen molar-refractivity contribution in [1.82, 2.24) is 0 Å². The van der Waals surface area contributed by atoms with Crippen LogP contribution in [0.4, 0.5) is 4.39 Å². The van der Waals surface area contributed by atoms with Crippen LogP contribution < -0.4 is 15.2 Å². The Balaban J connectivity index is 2.11.